The molecule has 1 aliphatic rings. The molecule has 0 bridgehead atoms. The second kappa shape index (κ2) is 14.0. The molecule has 2 amide bonds. The number of aliphatic carboxylic acids is 1. The number of carbonyl (C=O) groups is 3. The summed E-state index contributed by atoms with van der Waals surface area (Å²) in [4.78, 5) is 46.6. The van der Waals surface area contributed by atoms with E-state index >= 15 is 0 Å². The summed E-state index contributed by atoms with van der Waals surface area (Å²) in [5.74, 6) is -0.701. The Morgan fingerprint density at radius 1 is 0.822 bits per heavy atom. The van der Waals surface area contributed by atoms with Gasteiger partial charge in [0.15, 0.2) is 0 Å². The van der Waals surface area contributed by atoms with Crippen molar-refractivity contribution >= 4 is 23.8 Å². The van der Waals surface area contributed by atoms with Crippen molar-refractivity contribution in [2.45, 2.75) is 18.4 Å². The van der Waals surface area contributed by atoms with Gasteiger partial charge in [-0.2, -0.15) is 0 Å². The molecule has 0 spiro atoms. The molecule has 0 heterocycles. The van der Waals surface area contributed by atoms with Gasteiger partial charge in [-0.3, -0.25) is 10.1 Å². The Balaban J connectivity index is 1.06. The first kappa shape index (κ1) is 30.5. The summed E-state index contributed by atoms with van der Waals surface area (Å²) in [5.41, 5.74) is 4.84. The SMILES string of the molecule is O=C(N[C@@H](Cc1ccc(OCCNC(=O)Oc2ccc([N+](=O)[O-])cc2)cc1)C(=O)O)OCC1c2ccccc2-c2ccccc21. The number of nitro benzene ring substituents is 1. The van der Waals surface area contributed by atoms with Gasteiger partial charge in [-0.15, -0.1) is 0 Å². The van der Waals surface area contributed by atoms with Gasteiger partial charge < -0.3 is 30.0 Å². The summed E-state index contributed by atoms with van der Waals surface area (Å²) in [7, 11) is 0. The quantitative estimate of drug-likeness (QED) is 0.109. The van der Waals surface area contributed by atoms with Crippen LogP contribution < -0.4 is 20.1 Å². The van der Waals surface area contributed by atoms with Crippen LogP contribution in [0, 0.1) is 10.1 Å². The lowest BCUT2D eigenvalue weighted by atomic mass is 9.98. The Labute approximate surface area is 257 Å². The van der Waals surface area contributed by atoms with E-state index in [1.165, 1.54) is 24.3 Å². The monoisotopic (exact) mass is 611 g/mol. The molecule has 12 heteroatoms. The number of fused-ring (bicyclic) bond motifs is 3. The molecule has 12 nitrogen and oxygen atoms in total. The minimum Gasteiger partial charge on any atom is -0.492 e. The topological polar surface area (TPSA) is 166 Å². The fourth-order valence-electron chi connectivity index (χ4n) is 5.04. The number of ether oxygens (including phenoxy) is 3. The van der Waals surface area contributed by atoms with E-state index < -0.39 is 29.1 Å². The summed E-state index contributed by atoms with van der Waals surface area (Å²) in [6, 6.07) is 26.4. The Morgan fingerprint density at radius 3 is 2.02 bits per heavy atom. The van der Waals surface area contributed by atoms with Crippen LogP contribution in [0.25, 0.3) is 11.1 Å². The van der Waals surface area contributed by atoms with Crippen LogP contribution in [0.4, 0.5) is 15.3 Å². The first-order chi connectivity index (χ1) is 21.8. The molecule has 5 rings (SSSR count). The second-order valence-electron chi connectivity index (χ2n) is 10.1. The van der Waals surface area contributed by atoms with Gasteiger partial charge in [0.25, 0.3) is 5.69 Å². The van der Waals surface area contributed by atoms with Crippen molar-refractivity contribution in [3.05, 3.63) is 124 Å². The van der Waals surface area contributed by atoms with Gasteiger partial charge in [0.2, 0.25) is 0 Å². The lowest BCUT2D eigenvalue weighted by Gasteiger charge is -2.17. The third-order valence-corrected chi connectivity index (χ3v) is 7.20. The van der Waals surface area contributed by atoms with Gasteiger partial charge in [-0.25, -0.2) is 14.4 Å². The van der Waals surface area contributed by atoms with Gasteiger partial charge in [-0.05, 0) is 52.1 Å². The third-order valence-electron chi connectivity index (χ3n) is 7.20. The van der Waals surface area contributed by atoms with E-state index in [9.17, 15) is 29.6 Å². The fraction of sp³-hybridized carbons (Fsp3) is 0.182. The Morgan fingerprint density at radius 2 is 1.42 bits per heavy atom. The number of nitrogens with one attached hydrogen (secondary N) is 2. The van der Waals surface area contributed by atoms with Gasteiger partial charge >= 0.3 is 18.2 Å². The molecule has 0 aliphatic heterocycles. The van der Waals surface area contributed by atoms with Crippen molar-refractivity contribution in [2.75, 3.05) is 19.8 Å². The zero-order valence-electron chi connectivity index (χ0n) is 23.9. The predicted octanol–water partition coefficient (Wildman–Crippen LogP) is 5.30. The highest BCUT2D eigenvalue weighted by molar-refractivity contribution is 5.81. The number of carbonyl (C=O) groups excluding carboxylic acids is 2. The number of nitro groups is 1. The molecule has 0 unspecified atom stereocenters. The largest absolute Gasteiger partial charge is 0.492 e. The molecule has 230 valence electrons. The normalized spacial score (nSPS) is 12.3. The molecule has 0 saturated carbocycles. The fourth-order valence-corrected chi connectivity index (χ4v) is 5.04. The lowest BCUT2D eigenvalue weighted by molar-refractivity contribution is -0.384. The molecule has 0 aromatic heterocycles. The number of carboxylic acids is 1. The van der Waals surface area contributed by atoms with E-state index in [4.69, 9.17) is 14.2 Å². The van der Waals surface area contributed by atoms with E-state index in [-0.39, 0.29) is 43.5 Å². The zero-order valence-corrected chi connectivity index (χ0v) is 23.9. The highest BCUT2D eigenvalue weighted by atomic mass is 16.6. The van der Waals surface area contributed by atoms with E-state index in [0.29, 0.717) is 11.3 Å². The highest BCUT2D eigenvalue weighted by Gasteiger charge is 2.29. The van der Waals surface area contributed by atoms with Crippen LogP contribution in [0.2, 0.25) is 0 Å². The van der Waals surface area contributed by atoms with Crippen molar-refractivity contribution in [3.63, 3.8) is 0 Å². The summed E-state index contributed by atoms with van der Waals surface area (Å²) in [6.07, 6.45) is -1.54. The third kappa shape index (κ3) is 7.73. The lowest BCUT2D eigenvalue weighted by Crippen LogP contribution is -2.42. The van der Waals surface area contributed by atoms with Crippen LogP contribution in [0.5, 0.6) is 11.5 Å². The molecular formula is C33H29N3O9. The number of alkyl carbamates (subject to hydrolysis) is 1. The Hall–Kier alpha value is -5.91. The number of amides is 2. The van der Waals surface area contributed by atoms with Crippen molar-refractivity contribution < 1.29 is 38.6 Å². The Bertz CT molecular complexity index is 1650. The number of hydrogen-bond donors (Lipinski definition) is 3. The summed E-state index contributed by atoms with van der Waals surface area (Å²) >= 11 is 0. The van der Waals surface area contributed by atoms with Crippen molar-refractivity contribution in [2.24, 2.45) is 0 Å². The summed E-state index contributed by atoms with van der Waals surface area (Å²) in [6.45, 7) is 0.316. The van der Waals surface area contributed by atoms with Crippen molar-refractivity contribution in [1.82, 2.24) is 10.6 Å². The average molecular weight is 612 g/mol. The maximum atomic E-state index is 12.6. The predicted molar refractivity (Wildman–Crippen MR) is 162 cm³/mol. The van der Waals surface area contributed by atoms with E-state index in [1.807, 2.05) is 48.5 Å². The number of rotatable bonds is 12. The van der Waals surface area contributed by atoms with Gasteiger partial charge in [0, 0.05) is 24.5 Å². The number of non-ortho nitro benzene ring substituents is 1. The Kier molecular flexibility index (Phi) is 9.53. The summed E-state index contributed by atoms with van der Waals surface area (Å²) in [5, 5.41) is 25.4. The number of carboxylic acid groups (broad SMARTS) is 1. The van der Waals surface area contributed by atoms with Crippen LogP contribution in [0.1, 0.15) is 22.6 Å². The first-order valence-corrected chi connectivity index (χ1v) is 14.0. The maximum Gasteiger partial charge on any atom is 0.412 e. The molecule has 0 fully saturated rings. The standard InChI is InChI=1S/C33H29N3O9/c37-31(38)30(35-33(40)44-20-29-27-7-3-1-5-25(27)26-6-2-4-8-28(26)29)19-21-9-13-23(14-10-21)43-18-17-34-32(39)45-24-15-11-22(12-16-24)36(41)42/h1-16,29-30H,17-20H2,(H,34,39)(H,35,40)(H,37,38)/t30-/m0/s1. The first-order valence-electron chi connectivity index (χ1n) is 14.0. The minimum atomic E-state index is -1.21. The second-order valence-corrected chi connectivity index (χ2v) is 10.1. The molecule has 1 aliphatic carbocycles. The van der Waals surface area contributed by atoms with Crippen LogP contribution in [0.15, 0.2) is 97.1 Å². The zero-order chi connectivity index (χ0) is 31.8. The molecule has 0 saturated heterocycles. The molecule has 1 atom stereocenters. The van der Waals surface area contributed by atoms with E-state index in [2.05, 4.69) is 10.6 Å². The summed E-state index contributed by atoms with van der Waals surface area (Å²) < 4.78 is 16.2. The molecular weight excluding hydrogens is 582 g/mol. The van der Waals surface area contributed by atoms with Crippen LogP contribution in [-0.4, -0.2) is 54.0 Å². The van der Waals surface area contributed by atoms with E-state index in [1.54, 1.807) is 24.3 Å². The molecule has 4 aromatic rings. The minimum absolute atomic E-state index is 0.0237. The molecule has 4 aromatic carbocycles. The van der Waals surface area contributed by atoms with Gasteiger partial charge in [0.1, 0.15) is 30.8 Å². The molecule has 3 N–H and O–H groups in total. The van der Waals surface area contributed by atoms with Crippen LogP contribution in [0.3, 0.4) is 0 Å². The molecule has 0 radical (unpaired) electrons. The number of benzene rings is 4. The average Bonchev–Trinajstić information content (AvgIpc) is 3.36. The van der Waals surface area contributed by atoms with Crippen molar-refractivity contribution in [1.29, 1.82) is 0 Å². The van der Waals surface area contributed by atoms with Crippen LogP contribution >= 0.6 is 0 Å². The molecule has 45 heavy (non-hydrogen) atoms. The number of nitrogens with zero attached hydrogens (tertiary/aromatic N) is 1. The highest BCUT2D eigenvalue weighted by Crippen LogP contribution is 2.44. The van der Waals surface area contributed by atoms with E-state index in [0.717, 1.165) is 22.3 Å². The van der Waals surface area contributed by atoms with Crippen LogP contribution in [-0.2, 0) is 16.0 Å². The smallest absolute Gasteiger partial charge is 0.412 e. The van der Waals surface area contributed by atoms with Crippen molar-refractivity contribution in [3.8, 4) is 22.6 Å². The van der Waals surface area contributed by atoms with Gasteiger partial charge in [-0.1, -0.05) is 60.7 Å². The van der Waals surface area contributed by atoms with Gasteiger partial charge in [0.05, 0.1) is 11.5 Å². The maximum absolute atomic E-state index is 12.6. The number of hydrogen-bond acceptors (Lipinski definition) is 8.